The van der Waals surface area contributed by atoms with Crippen molar-refractivity contribution in [2.24, 2.45) is 0 Å². The molecule has 2 N–H and O–H groups in total. The molecule has 1 heterocycles. The fourth-order valence-corrected chi connectivity index (χ4v) is 2.24. The highest BCUT2D eigenvalue weighted by atomic mass is 16.5. The minimum Gasteiger partial charge on any atom is -0.508 e. The van der Waals surface area contributed by atoms with E-state index in [1.54, 1.807) is 19.1 Å². The van der Waals surface area contributed by atoms with Crippen LogP contribution in [0.4, 0.5) is 0 Å². The van der Waals surface area contributed by atoms with Gasteiger partial charge in [0.15, 0.2) is 0 Å². The maximum absolute atomic E-state index is 11.9. The molecule has 2 rings (SSSR count). The van der Waals surface area contributed by atoms with Crippen LogP contribution >= 0.6 is 0 Å². The second-order valence-corrected chi connectivity index (χ2v) is 5.32. The van der Waals surface area contributed by atoms with E-state index in [0.29, 0.717) is 13.2 Å². The molecule has 5 nitrogen and oxygen atoms in total. The molecule has 21 heavy (non-hydrogen) atoms. The Labute approximate surface area is 125 Å². The van der Waals surface area contributed by atoms with Gasteiger partial charge in [0.1, 0.15) is 11.9 Å². The molecule has 1 amide bonds. The minimum absolute atomic E-state index is 0.105. The Balaban J connectivity index is 1.62. The molecule has 1 aliphatic heterocycles. The van der Waals surface area contributed by atoms with Gasteiger partial charge in [-0.1, -0.05) is 12.1 Å². The Morgan fingerprint density at radius 2 is 2.24 bits per heavy atom. The van der Waals surface area contributed by atoms with E-state index < -0.39 is 6.10 Å². The van der Waals surface area contributed by atoms with E-state index in [4.69, 9.17) is 9.47 Å². The van der Waals surface area contributed by atoms with Crippen LogP contribution in [0, 0.1) is 0 Å². The van der Waals surface area contributed by atoms with E-state index in [-0.39, 0.29) is 17.8 Å². The lowest BCUT2D eigenvalue weighted by Crippen LogP contribution is -2.37. The van der Waals surface area contributed by atoms with Crippen LogP contribution in [-0.4, -0.2) is 43.0 Å². The van der Waals surface area contributed by atoms with Crippen molar-refractivity contribution in [2.75, 3.05) is 19.8 Å². The van der Waals surface area contributed by atoms with Gasteiger partial charge in [0.05, 0.1) is 12.7 Å². The van der Waals surface area contributed by atoms with Crippen molar-refractivity contribution in [1.82, 2.24) is 5.32 Å². The van der Waals surface area contributed by atoms with E-state index in [1.165, 1.54) is 0 Å². The lowest BCUT2D eigenvalue weighted by atomic mass is 10.1. The van der Waals surface area contributed by atoms with Gasteiger partial charge in [-0.05, 0) is 43.9 Å². The van der Waals surface area contributed by atoms with Gasteiger partial charge >= 0.3 is 0 Å². The van der Waals surface area contributed by atoms with Crippen molar-refractivity contribution in [1.29, 1.82) is 0 Å². The lowest BCUT2D eigenvalue weighted by Gasteiger charge is -2.16. The summed E-state index contributed by atoms with van der Waals surface area (Å²) in [6.07, 6.45) is 2.48. The number of rotatable bonds is 7. The lowest BCUT2D eigenvalue weighted by molar-refractivity contribution is -0.133. The molecule has 1 aliphatic rings. The van der Waals surface area contributed by atoms with Gasteiger partial charge in [0, 0.05) is 13.2 Å². The summed E-state index contributed by atoms with van der Waals surface area (Å²) in [6, 6.07) is 6.98. The number of benzene rings is 1. The van der Waals surface area contributed by atoms with Crippen LogP contribution in [0.3, 0.4) is 0 Å². The fraction of sp³-hybridized carbons (Fsp3) is 0.562. The summed E-state index contributed by atoms with van der Waals surface area (Å²) in [5.74, 6) is 0.144. The number of phenols is 1. The summed E-state index contributed by atoms with van der Waals surface area (Å²) in [5, 5.41) is 12.0. The summed E-state index contributed by atoms with van der Waals surface area (Å²) in [7, 11) is 0. The highest BCUT2D eigenvalue weighted by Gasteiger charge is 2.19. The van der Waals surface area contributed by atoms with Crippen LogP contribution in [0.2, 0.25) is 0 Å². The number of hydrogen-bond acceptors (Lipinski definition) is 4. The first-order valence-corrected chi connectivity index (χ1v) is 7.44. The maximum Gasteiger partial charge on any atom is 0.248 e. The van der Waals surface area contributed by atoms with Crippen molar-refractivity contribution in [3.63, 3.8) is 0 Å². The minimum atomic E-state index is -0.464. The molecule has 1 aromatic carbocycles. The second kappa shape index (κ2) is 8.00. The van der Waals surface area contributed by atoms with Crippen LogP contribution in [0.25, 0.3) is 0 Å². The van der Waals surface area contributed by atoms with E-state index in [1.807, 2.05) is 12.1 Å². The Bertz CT molecular complexity index is 440. The van der Waals surface area contributed by atoms with Crippen molar-refractivity contribution < 1.29 is 19.4 Å². The average Bonchev–Trinajstić information content (AvgIpc) is 3.00. The molecule has 0 radical (unpaired) electrons. The Hall–Kier alpha value is -1.59. The van der Waals surface area contributed by atoms with Crippen molar-refractivity contribution in [2.45, 2.75) is 38.4 Å². The first-order valence-electron chi connectivity index (χ1n) is 7.44. The SMILES string of the molecule is CC(OCC1CCCO1)C(=O)NCCc1ccc(O)cc1. The standard InChI is InChI=1S/C16H23NO4/c1-12(21-11-15-3-2-10-20-15)16(19)17-9-8-13-4-6-14(18)7-5-13/h4-7,12,15,18H,2-3,8-11H2,1H3,(H,17,19). The number of aromatic hydroxyl groups is 1. The number of carbonyl (C=O) groups is 1. The van der Waals surface area contributed by atoms with Crippen LogP contribution in [0.1, 0.15) is 25.3 Å². The predicted molar refractivity (Wildman–Crippen MR) is 79.2 cm³/mol. The molecule has 5 heteroatoms. The highest BCUT2D eigenvalue weighted by molar-refractivity contribution is 5.80. The molecule has 2 atom stereocenters. The molecule has 0 spiro atoms. The molecular formula is C16H23NO4. The monoisotopic (exact) mass is 293 g/mol. The van der Waals surface area contributed by atoms with Crippen LogP contribution in [0.5, 0.6) is 5.75 Å². The molecule has 116 valence electrons. The predicted octanol–water partition coefficient (Wildman–Crippen LogP) is 1.63. The summed E-state index contributed by atoms with van der Waals surface area (Å²) >= 11 is 0. The summed E-state index contributed by atoms with van der Waals surface area (Å²) in [5.41, 5.74) is 1.07. The third-order valence-electron chi connectivity index (χ3n) is 3.57. The van der Waals surface area contributed by atoms with Gasteiger partial charge in [-0.15, -0.1) is 0 Å². The Morgan fingerprint density at radius 1 is 1.48 bits per heavy atom. The van der Waals surface area contributed by atoms with Crippen LogP contribution < -0.4 is 5.32 Å². The Morgan fingerprint density at radius 3 is 2.90 bits per heavy atom. The van der Waals surface area contributed by atoms with Gasteiger partial charge in [-0.25, -0.2) is 0 Å². The van der Waals surface area contributed by atoms with Crippen molar-refractivity contribution in [3.8, 4) is 5.75 Å². The number of amides is 1. The van der Waals surface area contributed by atoms with Crippen LogP contribution in [-0.2, 0) is 20.7 Å². The molecule has 1 aromatic rings. The largest absolute Gasteiger partial charge is 0.508 e. The number of ether oxygens (including phenoxy) is 2. The maximum atomic E-state index is 11.9. The molecule has 0 bridgehead atoms. The third kappa shape index (κ3) is 5.36. The van der Waals surface area contributed by atoms with Crippen molar-refractivity contribution >= 4 is 5.91 Å². The molecule has 1 saturated heterocycles. The smallest absolute Gasteiger partial charge is 0.248 e. The zero-order chi connectivity index (χ0) is 15.1. The average molecular weight is 293 g/mol. The normalized spacial score (nSPS) is 19.4. The molecule has 1 fully saturated rings. The zero-order valence-electron chi connectivity index (χ0n) is 12.4. The molecular weight excluding hydrogens is 270 g/mol. The highest BCUT2D eigenvalue weighted by Crippen LogP contribution is 2.13. The number of nitrogens with one attached hydrogen (secondary N) is 1. The molecule has 2 unspecified atom stereocenters. The number of hydrogen-bond donors (Lipinski definition) is 2. The van der Waals surface area contributed by atoms with E-state index in [2.05, 4.69) is 5.32 Å². The summed E-state index contributed by atoms with van der Waals surface area (Å²) in [4.78, 5) is 11.9. The third-order valence-corrected chi connectivity index (χ3v) is 3.57. The number of carbonyl (C=O) groups excluding carboxylic acids is 1. The topological polar surface area (TPSA) is 67.8 Å². The summed E-state index contributed by atoms with van der Waals surface area (Å²) in [6.45, 7) is 3.58. The van der Waals surface area contributed by atoms with E-state index in [0.717, 1.165) is 31.4 Å². The van der Waals surface area contributed by atoms with Gasteiger partial charge in [-0.3, -0.25) is 4.79 Å². The zero-order valence-corrected chi connectivity index (χ0v) is 12.4. The first-order chi connectivity index (χ1) is 10.1. The van der Waals surface area contributed by atoms with E-state index >= 15 is 0 Å². The second-order valence-electron chi connectivity index (χ2n) is 5.32. The quantitative estimate of drug-likeness (QED) is 0.802. The molecule has 0 aliphatic carbocycles. The fourth-order valence-electron chi connectivity index (χ4n) is 2.24. The van der Waals surface area contributed by atoms with Gasteiger partial charge < -0.3 is 19.9 Å². The van der Waals surface area contributed by atoms with Gasteiger partial charge in [0.2, 0.25) is 5.91 Å². The number of phenolic OH excluding ortho intramolecular Hbond substituents is 1. The first kappa shape index (κ1) is 15.8. The van der Waals surface area contributed by atoms with Crippen molar-refractivity contribution in [3.05, 3.63) is 29.8 Å². The summed E-state index contributed by atoms with van der Waals surface area (Å²) < 4.78 is 11.0. The molecule has 0 aromatic heterocycles. The van der Waals surface area contributed by atoms with Gasteiger partial charge in [0.25, 0.3) is 0 Å². The molecule has 0 saturated carbocycles. The Kier molecular flexibility index (Phi) is 6.02. The van der Waals surface area contributed by atoms with Gasteiger partial charge in [-0.2, -0.15) is 0 Å². The van der Waals surface area contributed by atoms with Crippen LogP contribution in [0.15, 0.2) is 24.3 Å². The van der Waals surface area contributed by atoms with E-state index in [9.17, 15) is 9.90 Å².